The van der Waals surface area contributed by atoms with E-state index in [-0.39, 0.29) is 24.1 Å². The topological polar surface area (TPSA) is 73.9 Å². The molecule has 0 aliphatic heterocycles. The second kappa shape index (κ2) is 7.68. The number of methoxy groups -OCH3 is 2. The summed E-state index contributed by atoms with van der Waals surface area (Å²) in [6, 6.07) is 5.18. The molecule has 0 bridgehead atoms. The predicted molar refractivity (Wildman–Crippen MR) is 80.2 cm³/mol. The van der Waals surface area contributed by atoms with Crippen molar-refractivity contribution in [3.8, 4) is 11.5 Å². The van der Waals surface area contributed by atoms with E-state index < -0.39 is 5.97 Å². The van der Waals surface area contributed by atoms with Crippen LogP contribution in [0.4, 0.5) is 0 Å². The molecule has 0 heterocycles. The molecule has 0 atom stereocenters. The molecule has 1 fully saturated rings. The molecule has 0 saturated heterocycles. The van der Waals surface area contributed by atoms with Crippen LogP contribution in [0.2, 0.25) is 0 Å². The molecule has 1 aromatic carbocycles. The van der Waals surface area contributed by atoms with Crippen molar-refractivity contribution in [2.24, 2.45) is 0 Å². The molecule has 6 heteroatoms. The standard InChI is InChI=1S/C16H21NO5/c1-20-12-8-5-9-13(21-2)15(12)16(19)22-10-14(18)17-11-6-3-4-7-11/h5,8-9,11H,3-4,6-7,10H2,1-2H3,(H,17,18). The van der Waals surface area contributed by atoms with Crippen LogP contribution < -0.4 is 14.8 Å². The first-order valence-corrected chi connectivity index (χ1v) is 7.33. The van der Waals surface area contributed by atoms with Gasteiger partial charge in [-0.15, -0.1) is 0 Å². The number of hydrogen-bond donors (Lipinski definition) is 1. The van der Waals surface area contributed by atoms with Gasteiger partial charge in [0.15, 0.2) is 6.61 Å². The average molecular weight is 307 g/mol. The summed E-state index contributed by atoms with van der Waals surface area (Å²) in [6.07, 6.45) is 4.23. The molecule has 22 heavy (non-hydrogen) atoms. The Bertz CT molecular complexity index is 515. The third-order valence-electron chi connectivity index (χ3n) is 3.69. The van der Waals surface area contributed by atoms with Gasteiger partial charge in [0, 0.05) is 6.04 Å². The van der Waals surface area contributed by atoms with Gasteiger partial charge in [-0.2, -0.15) is 0 Å². The fourth-order valence-electron chi connectivity index (χ4n) is 2.60. The van der Waals surface area contributed by atoms with Gasteiger partial charge in [-0.05, 0) is 25.0 Å². The number of rotatable bonds is 6. The van der Waals surface area contributed by atoms with Crippen LogP contribution in [0.25, 0.3) is 0 Å². The van der Waals surface area contributed by atoms with E-state index in [4.69, 9.17) is 14.2 Å². The van der Waals surface area contributed by atoms with Crippen LogP contribution in [0.5, 0.6) is 11.5 Å². The van der Waals surface area contributed by atoms with E-state index in [1.807, 2.05) is 0 Å². The molecule has 0 radical (unpaired) electrons. The van der Waals surface area contributed by atoms with Crippen LogP contribution >= 0.6 is 0 Å². The van der Waals surface area contributed by atoms with Gasteiger partial charge in [0.05, 0.1) is 14.2 Å². The van der Waals surface area contributed by atoms with Gasteiger partial charge in [-0.25, -0.2) is 4.79 Å². The van der Waals surface area contributed by atoms with Crippen molar-refractivity contribution in [2.45, 2.75) is 31.7 Å². The fourth-order valence-corrected chi connectivity index (χ4v) is 2.60. The highest BCUT2D eigenvalue weighted by Crippen LogP contribution is 2.28. The molecule has 0 aromatic heterocycles. The normalized spacial score (nSPS) is 14.5. The van der Waals surface area contributed by atoms with Gasteiger partial charge in [0.2, 0.25) is 0 Å². The minimum absolute atomic E-state index is 0.182. The van der Waals surface area contributed by atoms with Crippen molar-refractivity contribution in [2.75, 3.05) is 20.8 Å². The van der Waals surface area contributed by atoms with Gasteiger partial charge < -0.3 is 19.5 Å². The first kappa shape index (κ1) is 16.1. The van der Waals surface area contributed by atoms with E-state index in [1.54, 1.807) is 18.2 Å². The Balaban J connectivity index is 1.95. The van der Waals surface area contributed by atoms with Gasteiger partial charge in [0.1, 0.15) is 17.1 Å². The van der Waals surface area contributed by atoms with E-state index in [1.165, 1.54) is 14.2 Å². The minimum Gasteiger partial charge on any atom is -0.496 e. The van der Waals surface area contributed by atoms with E-state index in [0.717, 1.165) is 25.7 Å². The highest BCUT2D eigenvalue weighted by molar-refractivity contribution is 5.96. The number of hydrogen-bond acceptors (Lipinski definition) is 5. The van der Waals surface area contributed by atoms with Crippen molar-refractivity contribution in [1.29, 1.82) is 0 Å². The number of ether oxygens (including phenoxy) is 3. The molecule has 1 aromatic rings. The third kappa shape index (κ3) is 3.90. The summed E-state index contributed by atoms with van der Waals surface area (Å²) in [6.45, 7) is -0.309. The lowest BCUT2D eigenvalue weighted by molar-refractivity contribution is -0.124. The molecule has 1 amide bonds. The van der Waals surface area contributed by atoms with Gasteiger partial charge in [-0.1, -0.05) is 18.9 Å². The average Bonchev–Trinajstić information content (AvgIpc) is 3.04. The number of benzene rings is 1. The Morgan fingerprint density at radius 3 is 2.27 bits per heavy atom. The summed E-state index contributed by atoms with van der Waals surface area (Å²) < 4.78 is 15.4. The Kier molecular flexibility index (Phi) is 5.63. The van der Waals surface area contributed by atoms with E-state index in [9.17, 15) is 9.59 Å². The summed E-state index contributed by atoms with van der Waals surface area (Å²) in [7, 11) is 2.91. The maximum Gasteiger partial charge on any atom is 0.346 e. The zero-order valence-corrected chi connectivity index (χ0v) is 12.9. The summed E-state index contributed by atoms with van der Waals surface area (Å²) in [5.41, 5.74) is 0.182. The molecule has 120 valence electrons. The zero-order chi connectivity index (χ0) is 15.9. The van der Waals surface area contributed by atoms with Crippen molar-refractivity contribution in [1.82, 2.24) is 5.32 Å². The quantitative estimate of drug-likeness (QED) is 0.813. The van der Waals surface area contributed by atoms with Crippen molar-refractivity contribution >= 4 is 11.9 Å². The smallest absolute Gasteiger partial charge is 0.346 e. The number of carbonyl (C=O) groups is 2. The lowest BCUT2D eigenvalue weighted by atomic mass is 10.2. The second-order valence-electron chi connectivity index (χ2n) is 5.16. The molecule has 0 unspecified atom stereocenters. The van der Waals surface area contributed by atoms with Crippen LogP contribution in [-0.2, 0) is 9.53 Å². The molecule has 1 N–H and O–H groups in total. The summed E-state index contributed by atoms with van der Waals surface area (Å²) in [5.74, 6) is -0.230. The highest BCUT2D eigenvalue weighted by atomic mass is 16.5. The molecule has 6 nitrogen and oxygen atoms in total. The van der Waals surface area contributed by atoms with E-state index in [0.29, 0.717) is 11.5 Å². The van der Waals surface area contributed by atoms with Crippen LogP contribution in [0, 0.1) is 0 Å². The number of amides is 1. The molecule has 2 rings (SSSR count). The number of nitrogens with one attached hydrogen (secondary N) is 1. The van der Waals surface area contributed by atoms with Crippen LogP contribution in [0.3, 0.4) is 0 Å². The molecular weight excluding hydrogens is 286 g/mol. The lowest BCUT2D eigenvalue weighted by Gasteiger charge is -2.14. The van der Waals surface area contributed by atoms with E-state index in [2.05, 4.69) is 5.32 Å². The third-order valence-corrected chi connectivity index (χ3v) is 3.69. The largest absolute Gasteiger partial charge is 0.496 e. The first-order valence-electron chi connectivity index (χ1n) is 7.33. The molecule has 1 aliphatic rings. The molecular formula is C16H21NO5. The number of esters is 1. The van der Waals surface area contributed by atoms with Crippen molar-refractivity contribution < 1.29 is 23.8 Å². The predicted octanol–water partition coefficient (Wildman–Crippen LogP) is 1.92. The highest BCUT2D eigenvalue weighted by Gasteiger charge is 2.22. The Labute approximate surface area is 129 Å². The molecule has 1 saturated carbocycles. The summed E-state index contributed by atoms with van der Waals surface area (Å²) >= 11 is 0. The Hall–Kier alpha value is -2.24. The monoisotopic (exact) mass is 307 g/mol. The first-order chi connectivity index (χ1) is 10.7. The summed E-state index contributed by atoms with van der Waals surface area (Å²) in [4.78, 5) is 24.0. The molecule has 1 aliphatic carbocycles. The SMILES string of the molecule is COc1cccc(OC)c1C(=O)OCC(=O)NC1CCCC1. The lowest BCUT2D eigenvalue weighted by Crippen LogP contribution is -2.35. The second-order valence-corrected chi connectivity index (χ2v) is 5.16. The minimum atomic E-state index is -0.643. The van der Waals surface area contributed by atoms with Gasteiger partial charge >= 0.3 is 5.97 Å². The van der Waals surface area contributed by atoms with Crippen molar-refractivity contribution in [3.05, 3.63) is 23.8 Å². The fraction of sp³-hybridized carbons (Fsp3) is 0.500. The Morgan fingerprint density at radius 1 is 1.14 bits per heavy atom. The van der Waals surface area contributed by atoms with Crippen LogP contribution in [0.15, 0.2) is 18.2 Å². The van der Waals surface area contributed by atoms with E-state index >= 15 is 0 Å². The summed E-state index contributed by atoms with van der Waals surface area (Å²) in [5, 5.41) is 2.86. The van der Waals surface area contributed by atoms with Gasteiger partial charge in [-0.3, -0.25) is 4.79 Å². The number of carbonyl (C=O) groups excluding carboxylic acids is 2. The maximum atomic E-state index is 12.2. The maximum absolute atomic E-state index is 12.2. The van der Waals surface area contributed by atoms with Crippen LogP contribution in [-0.4, -0.2) is 38.7 Å². The van der Waals surface area contributed by atoms with Crippen LogP contribution in [0.1, 0.15) is 36.0 Å². The molecule has 0 spiro atoms. The Morgan fingerprint density at radius 2 is 1.73 bits per heavy atom. The zero-order valence-electron chi connectivity index (χ0n) is 12.9. The van der Waals surface area contributed by atoms with Gasteiger partial charge in [0.25, 0.3) is 5.91 Å². The van der Waals surface area contributed by atoms with Crippen molar-refractivity contribution in [3.63, 3.8) is 0 Å².